The molecule has 0 saturated carbocycles. The predicted molar refractivity (Wildman–Crippen MR) is 72.1 cm³/mol. The van der Waals surface area contributed by atoms with E-state index in [2.05, 4.69) is 15.3 Å². The van der Waals surface area contributed by atoms with Gasteiger partial charge in [0.25, 0.3) is 5.91 Å². The van der Waals surface area contributed by atoms with Crippen molar-refractivity contribution in [3.8, 4) is 0 Å². The van der Waals surface area contributed by atoms with Crippen LogP contribution in [0, 0.1) is 0 Å². The number of nitrogens with one attached hydrogen (secondary N) is 1. The van der Waals surface area contributed by atoms with Crippen LogP contribution in [-0.2, 0) is 0 Å². The molecule has 2 aromatic rings. The number of benzene rings is 1. The fraction of sp³-hybridized carbons (Fsp3) is 0.154. The first-order valence-electron chi connectivity index (χ1n) is 5.64. The third kappa shape index (κ3) is 3.27. The third-order valence-electron chi connectivity index (χ3n) is 2.50. The minimum absolute atomic E-state index is 0.118. The van der Waals surface area contributed by atoms with E-state index < -0.39 is 12.0 Å². The van der Waals surface area contributed by atoms with Crippen LogP contribution in [0.4, 0.5) is 5.69 Å². The Morgan fingerprint density at radius 3 is 2.79 bits per heavy atom. The van der Waals surface area contributed by atoms with Crippen molar-refractivity contribution >= 4 is 23.2 Å². The number of carbonyl (C=O) groups excluding carboxylic acids is 1. The number of hydrogen-bond acceptors (Lipinski definition) is 4. The Labute approximate surface area is 115 Å². The summed E-state index contributed by atoms with van der Waals surface area (Å²) in [5, 5.41) is 12.5. The van der Waals surface area contributed by atoms with Crippen LogP contribution in [-0.4, -0.2) is 21.0 Å². The van der Waals surface area contributed by atoms with Crippen molar-refractivity contribution in [2.24, 2.45) is 0 Å². The van der Waals surface area contributed by atoms with Crippen LogP contribution >= 0.6 is 11.6 Å². The van der Waals surface area contributed by atoms with Gasteiger partial charge in [0.15, 0.2) is 0 Å². The molecule has 0 aliphatic carbocycles. The molecule has 6 heteroatoms. The zero-order valence-electron chi connectivity index (χ0n) is 10.2. The molecule has 5 nitrogen and oxygen atoms in total. The highest BCUT2D eigenvalue weighted by Crippen LogP contribution is 2.22. The van der Waals surface area contributed by atoms with Crippen LogP contribution in [0.5, 0.6) is 0 Å². The van der Waals surface area contributed by atoms with Gasteiger partial charge in [0.05, 0.1) is 18.5 Å². The van der Waals surface area contributed by atoms with E-state index in [0.717, 1.165) is 0 Å². The fourth-order valence-electron chi connectivity index (χ4n) is 1.61. The van der Waals surface area contributed by atoms with Crippen LogP contribution in [0.25, 0.3) is 0 Å². The molecule has 1 atom stereocenters. The summed E-state index contributed by atoms with van der Waals surface area (Å²) >= 11 is 5.68. The van der Waals surface area contributed by atoms with Gasteiger partial charge in [-0.05, 0) is 13.0 Å². The highest BCUT2D eigenvalue weighted by atomic mass is 35.5. The Kier molecular flexibility index (Phi) is 4.09. The number of aliphatic hydroxyl groups excluding tert-OH is 1. The van der Waals surface area contributed by atoms with E-state index in [4.69, 9.17) is 11.6 Å². The fourth-order valence-corrected chi connectivity index (χ4v) is 1.76. The van der Waals surface area contributed by atoms with Crippen molar-refractivity contribution in [2.75, 3.05) is 5.32 Å². The molecule has 2 N–H and O–H groups in total. The van der Waals surface area contributed by atoms with Crippen LogP contribution in [0.15, 0.2) is 36.7 Å². The molecule has 19 heavy (non-hydrogen) atoms. The minimum atomic E-state index is -0.679. The summed E-state index contributed by atoms with van der Waals surface area (Å²) < 4.78 is 0. The summed E-state index contributed by atoms with van der Waals surface area (Å²) in [5.41, 5.74) is 1.28. The summed E-state index contributed by atoms with van der Waals surface area (Å²) in [6.45, 7) is 1.63. The number of halogens is 1. The van der Waals surface area contributed by atoms with Gasteiger partial charge in [-0.1, -0.05) is 29.8 Å². The van der Waals surface area contributed by atoms with Crippen LogP contribution in [0.2, 0.25) is 5.15 Å². The number of rotatable bonds is 3. The molecule has 1 heterocycles. The monoisotopic (exact) mass is 277 g/mol. The number of amides is 1. The number of aromatic nitrogens is 2. The van der Waals surface area contributed by atoms with Gasteiger partial charge in [-0.2, -0.15) is 0 Å². The Balaban J connectivity index is 2.24. The van der Waals surface area contributed by atoms with Crippen LogP contribution in [0.3, 0.4) is 0 Å². The van der Waals surface area contributed by atoms with Crippen molar-refractivity contribution < 1.29 is 9.90 Å². The molecule has 1 amide bonds. The standard InChI is InChI=1S/C13H12ClN3O2/c1-8(18)9-4-2-3-5-10(9)17-13(19)11-6-15-7-12(14)16-11/h2-8,18H,1H3,(H,17,19). The number of para-hydroxylation sites is 1. The Morgan fingerprint density at radius 2 is 2.11 bits per heavy atom. The lowest BCUT2D eigenvalue weighted by Crippen LogP contribution is -2.15. The van der Waals surface area contributed by atoms with E-state index in [1.54, 1.807) is 31.2 Å². The first-order valence-corrected chi connectivity index (χ1v) is 6.01. The zero-order chi connectivity index (χ0) is 13.8. The molecule has 0 bridgehead atoms. The molecule has 0 aliphatic heterocycles. The smallest absolute Gasteiger partial charge is 0.275 e. The number of nitrogens with zero attached hydrogens (tertiary/aromatic N) is 2. The van der Waals surface area contributed by atoms with Gasteiger partial charge < -0.3 is 10.4 Å². The maximum atomic E-state index is 12.0. The number of hydrogen-bond donors (Lipinski definition) is 2. The van der Waals surface area contributed by atoms with Crippen molar-refractivity contribution in [3.05, 3.63) is 53.1 Å². The Hall–Kier alpha value is -1.98. The quantitative estimate of drug-likeness (QED) is 0.903. The molecule has 1 unspecified atom stereocenters. The lowest BCUT2D eigenvalue weighted by Gasteiger charge is -2.12. The average Bonchev–Trinajstić information content (AvgIpc) is 2.39. The predicted octanol–water partition coefficient (Wildman–Crippen LogP) is 2.44. The van der Waals surface area contributed by atoms with E-state index in [9.17, 15) is 9.90 Å². The second-order valence-corrected chi connectivity index (χ2v) is 4.33. The van der Waals surface area contributed by atoms with Gasteiger partial charge in [0.1, 0.15) is 10.8 Å². The summed E-state index contributed by atoms with van der Waals surface area (Å²) in [6.07, 6.45) is 2.00. The van der Waals surface area contributed by atoms with Gasteiger partial charge in [-0.25, -0.2) is 4.98 Å². The van der Waals surface area contributed by atoms with Crippen molar-refractivity contribution in [3.63, 3.8) is 0 Å². The number of carbonyl (C=O) groups is 1. The maximum Gasteiger partial charge on any atom is 0.275 e. The van der Waals surface area contributed by atoms with E-state index in [-0.39, 0.29) is 10.8 Å². The summed E-state index contributed by atoms with van der Waals surface area (Å²) in [4.78, 5) is 19.7. The maximum absolute atomic E-state index is 12.0. The highest BCUT2D eigenvalue weighted by Gasteiger charge is 2.13. The largest absolute Gasteiger partial charge is 0.389 e. The van der Waals surface area contributed by atoms with E-state index in [1.807, 2.05) is 0 Å². The van der Waals surface area contributed by atoms with Gasteiger partial charge in [0.2, 0.25) is 0 Å². The first-order chi connectivity index (χ1) is 9.08. The summed E-state index contributed by atoms with van der Waals surface area (Å²) in [7, 11) is 0. The lowest BCUT2D eigenvalue weighted by atomic mass is 10.1. The van der Waals surface area contributed by atoms with Gasteiger partial charge in [0, 0.05) is 11.3 Å². The molecular weight excluding hydrogens is 266 g/mol. The van der Waals surface area contributed by atoms with Gasteiger partial charge in [-0.15, -0.1) is 0 Å². The molecule has 0 saturated heterocycles. The highest BCUT2D eigenvalue weighted by molar-refractivity contribution is 6.29. The molecule has 0 aliphatic rings. The SMILES string of the molecule is CC(O)c1ccccc1NC(=O)c1cncc(Cl)n1. The number of aliphatic hydroxyl groups is 1. The lowest BCUT2D eigenvalue weighted by molar-refractivity contribution is 0.102. The van der Waals surface area contributed by atoms with Crippen molar-refractivity contribution in [1.29, 1.82) is 0 Å². The topological polar surface area (TPSA) is 75.1 Å². The molecule has 1 aromatic carbocycles. The van der Waals surface area contributed by atoms with E-state index in [0.29, 0.717) is 11.3 Å². The average molecular weight is 278 g/mol. The molecule has 1 aromatic heterocycles. The summed E-state index contributed by atoms with van der Waals surface area (Å²) in [5.74, 6) is -0.428. The van der Waals surface area contributed by atoms with Crippen LogP contribution < -0.4 is 5.32 Å². The molecular formula is C13H12ClN3O2. The molecule has 0 fully saturated rings. The third-order valence-corrected chi connectivity index (χ3v) is 2.68. The van der Waals surface area contributed by atoms with Crippen molar-refractivity contribution in [1.82, 2.24) is 9.97 Å². The molecule has 2 rings (SSSR count). The molecule has 98 valence electrons. The van der Waals surface area contributed by atoms with E-state index >= 15 is 0 Å². The first kappa shape index (κ1) is 13.5. The Morgan fingerprint density at radius 1 is 1.37 bits per heavy atom. The molecule has 0 radical (unpaired) electrons. The summed E-state index contributed by atoms with van der Waals surface area (Å²) in [6, 6.07) is 7.00. The molecule has 0 spiro atoms. The number of anilines is 1. The normalized spacial score (nSPS) is 11.9. The second kappa shape index (κ2) is 5.77. The van der Waals surface area contributed by atoms with Gasteiger partial charge in [-0.3, -0.25) is 9.78 Å². The van der Waals surface area contributed by atoms with Crippen LogP contribution in [0.1, 0.15) is 29.1 Å². The zero-order valence-corrected chi connectivity index (χ0v) is 10.9. The Bertz CT molecular complexity index is 602. The van der Waals surface area contributed by atoms with E-state index in [1.165, 1.54) is 12.4 Å². The second-order valence-electron chi connectivity index (χ2n) is 3.94. The van der Waals surface area contributed by atoms with Gasteiger partial charge >= 0.3 is 0 Å². The minimum Gasteiger partial charge on any atom is -0.389 e. The van der Waals surface area contributed by atoms with Crippen molar-refractivity contribution in [2.45, 2.75) is 13.0 Å².